The average Bonchev–Trinajstić information content (AvgIpc) is 3.28. The molecule has 2 atom stereocenters. The minimum Gasteiger partial charge on any atom is -0.488 e. The first kappa shape index (κ1) is 17.6. The number of benzene rings is 2. The molecule has 0 bridgehead atoms. The number of ether oxygens (including phenoxy) is 1. The first-order valence-corrected chi connectivity index (χ1v) is 9.53. The molecule has 0 aliphatic carbocycles. The van der Waals surface area contributed by atoms with E-state index in [1.54, 1.807) is 4.90 Å². The molecule has 5 heteroatoms. The molecule has 1 saturated heterocycles. The van der Waals surface area contributed by atoms with Crippen molar-refractivity contribution in [2.24, 2.45) is 5.92 Å². The summed E-state index contributed by atoms with van der Waals surface area (Å²) in [5.74, 6) is 0.651. The minimum atomic E-state index is -0.267. The highest BCUT2D eigenvalue weighted by atomic mass is 16.5. The zero-order valence-corrected chi connectivity index (χ0v) is 15.3. The molecule has 0 aromatic heterocycles. The Morgan fingerprint density at radius 1 is 1.07 bits per heavy atom. The average molecular weight is 364 g/mol. The second-order valence-electron chi connectivity index (χ2n) is 7.27. The van der Waals surface area contributed by atoms with Crippen molar-refractivity contribution in [1.29, 1.82) is 0 Å². The van der Waals surface area contributed by atoms with Gasteiger partial charge in [0, 0.05) is 25.9 Å². The van der Waals surface area contributed by atoms with E-state index in [4.69, 9.17) is 4.74 Å². The van der Waals surface area contributed by atoms with Crippen LogP contribution in [0.1, 0.15) is 17.5 Å². The van der Waals surface area contributed by atoms with E-state index in [0.717, 1.165) is 18.6 Å². The normalized spacial score (nSPS) is 21.0. The highest BCUT2D eigenvalue weighted by molar-refractivity contribution is 5.89. The van der Waals surface area contributed by atoms with Crippen molar-refractivity contribution >= 4 is 11.8 Å². The van der Waals surface area contributed by atoms with Gasteiger partial charge in [-0.2, -0.15) is 0 Å². The second kappa shape index (κ2) is 7.82. The maximum atomic E-state index is 12.5. The summed E-state index contributed by atoms with van der Waals surface area (Å²) in [4.78, 5) is 26.5. The Hall–Kier alpha value is -2.82. The van der Waals surface area contributed by atoms with Crippen LogP contribution in [0.4, 0.5) is 0 Å². The number of amides is 2. The van der Waals surface area contributed by atoms with Gasteiger partial charge in [0.2, 0.25) is 11.8 Å². The van der Waals surface area contributed by atoms with E-state index in [2.05, 4.69) is 23.5 Å². The smallest absolute Gasteiger partial charge is 0.225 e. The molecule has 2 aromatic carbocycles. The summed E-state index contributed by atoms with van der Waals surface area (Å²) in [5.41, 5.74) is 2.39. The third-order valence-electron chi connectivity index (χ3n) is 5.32. The van der Waals surface area contributed by atoms with E-state index in [1.165, 1.54) is 11.1 Å². The van der Waals surface area contributed by atoms with Gasteiger partial charge in [-0.15, -0.1) is 0 Å². The van der Waals surface area contributed by atoms with Crippen LogP contribution in [-0.2, 0) is 22.4 Å². The van der Waals surface area contributed by atoms with Crippen LogP contribution in [0.5, 0.6) is 5.75 Å². The molecule has 2 aliphatic rings. The molecule has 27 heavy (non-hydrogen) atoms. The molecule has 1 fully saturated rings. The molecule has 1 N–H and O–H groups in total. The lowest BCUT2D eigenvalue weighted by Crippen LogP contribution is -2.39. The highest BCUT2D eigenvalue weighted by Crippen LogP contribution is 2.28. The van der Waals surface area contributed by atoms with Crippen molar-refractivity contribution in [2.45, 2.75) is 25.4 Å². The molecule has 0 saturated carbocycles. The number of rotatable bonds is 6. The monoisotopic (exact) mass is 364 g/mol. The lowest BCUT2D eigenvalue weighted by Gasteiger charge is -2.17. The number of likely N-dealkylation sites (tertiary alicyclic amines) is 1. The molecule has 4 rings (SSSR count). The Bertz CT molecular complexity index is 796. The Balaban J connectivity index is 1.23. The second-order valence-corrected chi connectivity index (χ2v) is 7.27. The zero-order chi connectivity index (χ0) is 18.6. The zero-order valence-electron chi connectivity index (χ0n) is 15.3. The first-order chi connectivity index (χ1) is 13.2. The first-order valence-electron chi connectivity index (χ1n) is 9.53. The predicted molar refractivity (Wildman–Crippen MR) is 102 cm³/mol. The molecule has 2 amide bonds. The van der Waals surface area contributed by atoms with Gasteiger partial charge in [0.05, 0.1) is 12.5 Å². The van der Waals surface area contributed by atoms with E-state index < -0.39 is 0 Å². The van der Waals surface area contributed by atoms with Crippen LogP contribution in [0.3, 0.4) is 0 Å². The van der Waals surface area contributed by atoms with Crippen molar-refractivity contribution < 1.29 is 14.3 Å². The van der Waals surface area contributed by atoms with Gasteiger partial charge in [-0.3, -0.25) is 9.59 Å². The van der Waals surface area contributed by atoms with Crippen molar-refractivity contribution in [3.05, 3.63) is 65.7 Å². The van der Waals surface area contributed by atoms with Crippen LogP contribution in [0.15, 0.2) is 54.6 Å². The van der Waals surface area contributed by atoms with Crippen LogP contribution in [0.25, 0.3) is 0 Å². The Kier molecular flexibility index (Phi) is 5.10. The molecule has 0 spiro atoms. The Morgan fingerprint density at radius 3 is 2.67 bits per heavy atom. The third-order valence-corrected chi connectivity index (χ3v) is 5.32. The van der Waals surface area contributed by atoms with Crippen LogP contribution in [0.2, 0.25) is 0 Å². The minimum absolute atomic E-state index is 0.0300. The van der Waals surface area contributed by atoms with E-state index in [-0.39, 0.29) is 23.8 Å². The number of hydrogen-bond donors (Lipinski definition) is 1. The van der Waals surface area contributed by atoms with Crippen LogP contribution < -0.4 is 10.1 Å². The molecule has 2 aromatic rings. The number of nitrogens with zero attached hydrogens (tertiary/aromatic N) is 1. The summed E-state index contributed by atoms with van der Waals surface area (Å²) in [7, 11) is 0. The maximum Gasteiger partial charge on any atom is 0.225 e. The van der Waals surface area contributed by atoms with Gasteiger partial charge in [-0.05, 0) is 23.6 Å². The SMILES string of the molecule is O=C(NCC1Cc2ccccc2O1)C1CC(=O)N(CCc2ccccc2)C1. The molecule has 2 heterocycles. The van der Waals surface area contributed by atoms with Crippen molar-refractivity contribution in [3.63, 3.8) is 0 Å². The summed E-state index contributed by atoms with van der Waals surface area (Å²) in [6.07, 6.45) is 1.89. The summed E-state index contributed by atoms with van der Waals surface area (Å²) in [6.45, 7) is 1.64. The van der Waals surface area contributed by atoms with Crippen LogP contribution in [-0.4, -0.2) is 42.5 Å². The van der Waals surface area contributed by atoms with Gasteiger partial charge >= 0.3 is 0 Å². The summed E-state index contributed by atoms with van der Waals surface area (Å²) < 4.78 is 5.86. The largest absolute Gasteiger partial charge is 0.488 e. The Morgan fingerprint density at radius 2 is 1.85 bits per heavy atom. The molecule has 2 aliphatic heterocycles. The van der Waals surface area contributed by atoms with Crippen LogP contribution >= 0.6 is 0 Å². The molecular weight excluding hydrogens is 340 g/mol. The standard InChI is InChI=1S/C22H24N2O3/c25-21-13-18(15-24(21)11-10-16-6-2-1-3-7-16)22(26)23-14-19-12-17-8-4-5-9-20(17)27-19/h1-9,18-19H,10-15H2,(H,23,26). The van der Waals surface area contributed by atoms with Gasteiger partial charge < -0.3 is 15.0 Å². The molecule has 2 unspecified atom stereocenters. The predicted octanol–water partition coefficient (Wildman–Crippen LogP) is 2.20. The van der Waals surface area contributed by atoms with Gasteiger partial charge in [-0.1, -0.05) is 48.5 Å². The lowest BCUT2D eigenvalue weighted by molar-refractivity contribution is -0.129. The number of hydrogen-bond acceptors (Lipinski definition) is 3. The van der Waals surface area contributed by atoms with E-state index in [0.29, 0.717) is 26.1 Å². The number of carbonyl (C=O) groups excluding carboxylic acids is 2. The summed E-state index contributed by atoms with van der Waals surface area (Å²) >= 11 is 0. The third kappa shape index (κ3) is 4.13. The number of para-hydroxylation sites is 1. The fourth-order valence-electron chi connectivity index (χ4n) is 3.80. The van der Waals surface area contributed by atoms with E-state index in [1.807, 2.05) is 36.4 Å². The quantitative estimate of drug-likeness (QED) is 0.855. The number of carbonyl (C=O) groups is 2. The van der Waals surface area contributed by atoms with Gasteiger partial charge in [0.25, 0.3) is 0 Å². The fourth-order valence-corrected chi connectivity index (χ4v) is 3.80. The van der Waals surface area contributed by atoms with Gasteiger partial charge in [-0.25, -0.2) is 0 Å². The summed E-state index contributed by atoms with van der Waals surface area (Å²) in [5, 5.41) is 2.97. The molecular formula is C22H24N2O3. The van der Waals surface area contributed by atoms with E-state index >= 15 is 0 Å². The highest BCUT2D eigenvalue weighted by Gasteiger charge is 2.34. The van der Waals surface area contributed by atoms with E-state index in [9.17, 15) is 9.59 Å². The van der Waals surface area contributed by atoms with Crippen molar-refractivity contribution in [2.75, 3.05) is 19.6 Å². The lowest BCUT2D eigenvalue weighted by atomic mass is 10.1. The maximum absolute atomic E-state index is 12.5. The molecule has 0 radical (unpaired) electrons. The van der Waals surface area contributed by atoms with Crippen molar-refractivity contribution in [1.82, 2.24) is 10.2 Å². The van der Waals surface area contributed by atoms with Crippen molar-refractivity contribution in [3.8, 4) is 5.75 Å². The number of nitrogens with one attached hydrogen (secondary N) is 1. The Labute approximate surface area is 159 Å². The summed E-state index contributed by atoms with van der Waals surface area (Å²) in [6, 6.07) is 18.1. The topological polar surface area (TPSA) is 58.6 Å². The molecule has 5 nitrogen and oxygen atoms in total. The number of fused-ring (bicyclic) bond motifs is 1. The molecule has 140 valence electrons. The fraction of sp³-hybridized carbons (Fsp3) is 0.364. The van der Waals surface area contributed by atoms with Gasteiger partial charge in [0.1, 0.15) is 11.9 Å². The van der Waals surface area contributed by atoms with Crippen LogP contribution in [0, 0.1) is 5.92 Å². The van der Waals surface area contributed by atoms with Gasteiger partial charge in [0.15, 0.2) is 0 Å².